The second-order valence-electron chi connectivity index (χ2n) is 5.02. The maximum absolute atomic E-state index is 11.7. The number of carbonyl (C=O) groups is 1. The Morgan fingerprint density at radius 1 is 1.31 bits per heavy atom. The normalized spacial score (nSPS) is 23.2. The Balaban J connectivity index is 2.73. The highest BCUT2D eigenvalue weighted by atomic mass is 32.2. The minimum Gasteiger partial charge on any atom is -0.314 e. The van der Waals surface area contributed by atoms with Gasteiger partial charge in [-0.15, -0.1) is 0 Å². The van der Waals surface area contributed by atoms with Gasteiger partial charge < -0.3 is 5.32 Å². The highest BCUT2D eigenvalue weighted by Gasteiger charge is 2.40. The second kappa shape index (κ2) is 4.84. The Kier molecular flexibility index (Phi) is 4.12. The third kappa shape index (κ3) is 3.28. The number of hydrogen-bond acceptors (Lipinski definition) is 4. The molecule has 1 rings (SSSR count). The van der Waals surface area contributed by atoms with Gasteiger partial charge in [-0.25, -0.2) is 8.42 Å². The van der Waals surface area contributed by atoms with Crippen molar-refractivity contribution >= 4 is 15.6 Å². The zero-order valence-electron chi connectivity index (χ0n) is 10.2. The van der Waals surface area contributed by atoms with Gasteiger partial charge in [-0.1, -0.05) is 13.8 Å². The lowest BCUT2D eigenvalue weighted by Gasteiger charge is -2.35. The molecule has 1 fully saturated rings. The molecule has 0 saturated carbocycles. The van der Waals surface area contributed by atoms with Crippen LogP contribution in [0, 0.1) is 5.41 Å². The van der Waals surface area contributed by atoms with Crippen molar-refractivity contribution in [2.75, 3.05) is 18.1 Å². The zero-order chi connectivity index (χ0) is 12.4. The van der Waals surface area contributed by atoms with Crippen LogP contribution in [-0.4, -0.2) is 38.3 Å². The van der Waals surface area contributed by atoms with Crippen molar-refractivity contribution in [1.29, 1.82) is 0 Å². The van der Waals surface area contributed by atoms with E-state index in [0.717, 1.165) is 0 Å². The van der Waals surface area contributed by atoms with Crippen LogP contribution >= 0.6 is 0 Å². The van der Waals surface area contributed by atoms with Gasteiger partial charge in [0.15, 0.2) is 0 Å². The van der Waals surface area contributed by atoms with Gasteiger partial charge in [0, 0.05) is 18.0 Å². The van der Waals surface area contributed by atoms with Crippen molar-refractivity contribution in [2.24, 2.45) is 5.41 Å². The van der Waals surface area contributed by atoms with Crippen LogP contribution in [0.3, 0.4) is 0 Å². The molecule has 0 aromatic carbocycles. The smallest absolute Gasteiger partial charge is 0.150 e. The average molecular weight is 247 g/mol. The number of rotatable bonds is 4. The lowest BCUT2D eigenvalue weighted by Crippen LogP contribution is -2.47. The fourth-order valence-corrected chi connectivity index (χ4v) is 3.59. The minimum absolute atomic E-state index is 0.107. The van der Waals surface area contributed by atoms with Crippen molar-refractivity contribution in [1.82, 2.24) is 5.32 Å². The SMILES string of the molecule is CC(=O)C1(CNC(C)C)CCS(=O)(=O)CC1. The molecule has 16 heavy (non-hydrogen) atoms. The van der Waals surface area contributed by atoms with Crippen LogP contribution in [0.15, 0.2) is 0 Å². The Morgan fingerprint density at radius 3 is 2.19 bits per heavy atom. The molecule has 1 saturated heterocycles. The van der Waals surface area contributed by atoms with E-state index in [1.54, 1.807) is 6.92 Å². The zero-order valence-corrected chi connectivity index (χ0v) is 11.1. The number of hydrogen-bond donors (Lipinski definition) is 1. The van der Waals surface area contributed by atoms with Crippen LogP contribution in [0.25, 0.3) is 0 Å². The number of sulfone groups is 1. The molecule has 0 aliphatic carbocycles. The number of carbonyl (C=O) groups excluding carboxylic acids is 1. The highest BCUT2D eigenvalue weighted by Crippen LogP contribution is 2.33. The standard InChI is InChI=1S/C11H21NO3S/c1-9(2)12-8-11(10(3)13)4-6-16(14,15)7-5-11/h9,12H,4-8H2,1-3H3. The molecule has 0 radical (unpaired) electrons. The molecule has 0 aromatic rings. The Morgan fingerprint density at radius 2 is 1.81 bits per heavy atom. The summed E-state index contributed by atoms with van der Waals surface area (Å²) in [5.74, 6) is 0.397. The van der Waals surface area contributed by atoms with Crippen molar-refractivity contribution < 1.29 is 13.2 Å². The molecule has 94 valence electrons. The molecule has 5 heteroatoms. The van der Waals surface area contributed by atoms with Gasteiger partial charge in [-0.3, -0.25) is 4.79 Å². The minimum atomic E-state index is -2.91. The summed E-state index contributed by atoms with van der Waals surface area (Å²) in [6, 6.07) is 0.315. The third-order valence-corrected chi connectivity index (χ3v) is 5.03. The first kappa shape index (κ1) is 13.6. The van der Waals surface area contributed by atoms with Gasteiger partial charge in [-0.2, -0.15) is 0 Å². The number of Topliss-reactive ketones (excluding diaryl/α,β-unsaturated/α-hetero) is 1. The van der Waals surface area contributed by atoms with Crippen molar-refractivity contribution in [3.05, 3.63) is 0 Å². The molecule has 0 atom stereocenters. The molecular weight excluding hydrogens is 226 g/mol. The van der Waals surface area contributed by atoms with Crippen LogP contribution in [0.4, 0.5) is 0 Å². The summed E-state index contributed by atoms with van der Waals surface area (Å²) in [7, 11) is -2.91. The summed E-state index contributed by atoms with van der Waals surface area (Å²) in [6.45, 7) is 6.20. The second-order valence-corrected chi connectivity index (χ2v) is 7.33. The average Bonchev–Trinajstić information content (AvgIpc) is 2.16. The number of nitrogens with one attached hydrogen (secondary N) is 1. The van der Waals surface area contributed by atoms with Crippen LogP contribution in [0.2, 0.25) is 0 Å². The van der Waals surface area contributed by atoms with E-state index in [9.17, 15) is 13.2 Å². The topological polar surface area (TPSA) is 63.2 Å². The van der Waals surface area contributed by atoms with E-state index >= 15 is 0 Å². The lowest BCUT2D eigenvalue weighted by atomic mass is 9.78. The Hall–Kier alpha value is -0.420. The maximum atomic E-state index is 11.7. The van der Waals surface area contributed by atoms with E-state index in [1.807, 2.05) is 13.8 Å². The molecule has 4 nitrogen and oxygen atoms in total. The summed E-state index contributed by atoms with van der Waals surface area (Å²) in [5, 5.41) is 3.25. The van der Waals surface area contributed by atoms with Crippen LogP contribution in [0.5, 0.6) is 0 Å². The van der Waals surface area contributed by atoms with Crippen molar-refractivity contribution in [2.45, 2.75) is 39.7 Å². The molecule has 0 bridgehead atoms. The van der Waals surface area contributed by atoms with E-state index < -0.39 is 15.3 Å². The van der Waals surface area contributed by atoms with Crippen LogP contribution < -0.4 is 5.32 Å². The van der Waals surface area contributed by atoms with Crippen LogP contribution in [0.1, 0.15) is 33.6 Å². The van der Waals surface area contributed by atoms with Gasteiger partial charge in [-0.05, 0) is 19.8 Å². The summed E-state index contributed by atoms with van der Waals surface area (Å²) < 4.78 is 22.7. The summed E-state index contributed by atoms with van der Waals surface area (Å²) in [5.41, 5.74) is -0.463. The first-order chi connectivity index (χ1) is 7.27. The molecule has 1 aliphatic rings. The summed E-state index contributed by atoms with van der Waals surface area (Å²) >= 11 is 0. The van der Waals surface area contributed by atoms with E-state index in [2.05, 4.69) is 5.32 Å². The fourth-order valence-electron chi connectivity index (χ4n) is 1.98. The summed E-state index contributed by atoms with van der Waals surface area (Å²) in [4.78, 5) is 11.7. The van der Waals surface area contributed by atoms with Crippen molar-refractivity contribution in [3.63, 3.8) is 0 Å². The molecule has 0 amide bonds. The molecule has 1 aliphatic heterocycles. The van der Waals surface area contributed by atoms with Gasteiger partial charge in [0.25, 0.3) is 0 Å². The van der Waals surface area contributed by atoms with Crippen LogP contribution in [-0.2, 0) is 14.6 Å². The lowest BCUT2D eigenvalue weighted by molar-refractivity contribution is -0.126. The first-order valence-corrected chi connectivity index (χ1v) is 7.54. The molecule has 0 spiro atoms. The molecule has 0 aromatic heterocycles. The maximum Gasteiger partial charge on any atom is 0.150 e. The van der Waals surface area contributed by atoms with E-state index in [0.29, 0.717) is 25.4 Å². The van der Waals surface area contributed by atoms with Gasteiger partial charge in [0.05, 0.1) is 11.5 Å². The van der Waals surface area contributed by atoms with E-state index in [1.165, 1.54) is 0 Å². The van der Waals surface area contributed by atoms with Gasteiger partial charge in [0.2, 0.25) is 0 Å². The molecule has 1 heterocycles. The van der Waals surface area contributed by atoms with Gasteiger partial charge in [0.1, 0.15) is 15.6 Å². The monoisotopic (exact) mass is 247 g/mol. The highest BCUT2D eigenvalue weighted by molar-refractivity contribution is 7.91. The predicted molar refractivity (Wildman–Crippen MR) is 64.1 cm³/mol. The quantitative estimate of drug-likeness (QED) is 0.797. The first-order valence-electron chi connectivity index (χ1n) is 5.72. The Labute approximate surface area is 97.7 Å². The molecule has 0 unspecified atom stereocenters. The predicted octanol–water partition coefficient (Wildman–Crippen LogP) is 0.768. The molecule has 1 N–H and O–H groups in total. The third-order valence-electron chi connectivity index (χ3n) is 3.38. The number of ketones is 1. The van der Waals surface area contributed by atoms with Gasteiger partial charge >= 0.3 is 0 Å². The van der Waals surface area contributed by atoms with E-state index in [-0.39, 0.29) is 17.3 Å². The van der Waals surface area contributed by atoms with E-state index in [4.69, 9.17) is 0 Å². The summed E-state index contributed by atoms with van der Waals surface area (Å²) in [6.07, 6.45) is 0.925. The fraction of sp³-hybridized carbons (Fsp3) is 0.909. The largest absolute Gasteiger partial charge is 0.314 e. The molecular formula is C11H21NO3S. The van der Waals surface area contributed by atoms with Crippen molar-refractivity contribution in [3.8, 4) is 0 Å². The Bertz CT molecular complexity index is 345.